The third kappa shape index (κ3) is 3.05. The van der Waals surface area contributed by atoms with Crippen LogP contribution in [0.15, 0.2) is 18.3 Å². The highest BCUT2D eigenvalue weighted by Gasteiger charge is 2.58. The lowest BCUT2D eigenvalue weighted by molar-refractivity contribution is -0.290. The number of carbonyl (C=O) groups excluding carboxylic acids is 1. The molecular formula is C9H7F5N2O2. The number of pyridine rings is 1. The van der Waals surface area contributed by atoms with Crippen LogP contribution in [0.4, 0.5) is 22.0 Å². The minimum atomic E-state index is -5.74. The van der Waals surface area contributed by atoms with Crippen molar-refractivity contribution in [3.05, 3.63) is 23.9 Å². The molecular weight excluding hydrogens is 263 g/mol. The highest BCUT2D eigenvalue weighted by molar-refractivity contribution is 5.94. The zero-order chi connectivity index (χ0) is 14.0. The summed E-state index contributed by atoms with van der Waals surface area (Å²) >= 11 is 0. The third-order valence-corrected chi connectivity index (χ3v) is 1.84. The Balaban J connectivity index is 2.85. The van der Waals surface area contributed by atoms with Gasteiger partial charge in [-0.3, -0.25) is 4.79 Å². The Kier molecular flexibility index (Phi) is 3.73. The maximum Gasteiger partial charge on any atom is 0.456 e. The Morgan fingerprint density at radius 1 is 1.33 bits per heavy atom. The molecule has 0 radical (unpaired) electrons. The minimum Gasteiger partial charge on any atom is -0.470 e. The highest BCUT2D eigenvalue weighted by Crippen LogP contribution is 2.35. The van der Waals surface area contributed by atoms with Crippen LogP contribution in [-0.2, 0) is 0 Å². The SMILES string of the molecule is NC(=O)c1cccnc1OCC(F)(F)C(F)(F)F. The van der Waals surface area contributed by atoms with Crippen LogP contribution in [0.1, 0.15) is 10.4 Å². The van der Waals surface area contributed by atoms with Gasteiger partial charge in [-0.15, -0.1) is 0 Å². The van der Waals surface area contributed by atoms with Crippen molar-refractivity contribution in [1.82, 2.24) is 4.98 Å². The van der Waals surface area contributed by atoms with Crippen LogP contribution < -0.4 is 10.5 Å². The Hall–Kier alpha value is -1.93. The van der Waals surface area contributed by atoms with Gasteiger partial charge in [0.25, 0.3) is 5.91 Å². The van der Waals surface area contributed by atoms with Gasteiger partial charge < -0.3 is 10.5 Å². The van der Waals surface area contributed by atoms with Gasteiger partial charge in [-0.1, -0.05) is 0 Å². The second-order valence-corrected chi connectivity index (χ2v) is 3.21. The number of aromatic nitrogens is 1. The lowest BCUT2D eigenvalue weighted by Crippen LogP contribution is -2.42. The molecule has 0 spiro atoms. The van der Waals surface area contributed by atoms with Crippen LogP contribution in [0.25, 0.3) is 0 Å². The second-order valence-electron chi connectivity index (χ2n) is 3.21. The van der Waals surface area contributed by atoms with E-state index in [1.807, 2.05) is 0 Å². The zero-order valence-corrected chi connectivity index (χ0v) is 8.67. The molecule has 0 bridgehead atoms. The van der Waals surface area contributed by atoms with Gasteiger partial charge in [-0.05, 0) is 12.1 Å². The number of carbonyl (C=O) groups is 1. The average Bonchev–Trinajstić information content (AvgIpc) is 2.25. The molecule has 0 aliphatic rings. The molecule has 18 heavy (non-hydrogen) atoms. The van der Waals surface area contributed by atoms with Gasteiger partial charge in [0.1, 0.15) is 5.56 Å². The van der Waals surface area contributed by atoms with E-state index in [9.17, 15) is 26.7 Å². The molecule has 0 aliphatic heterocycles. The summed E-state index contributed by atoms with van der Waals surface area (Å²) in [7, 11) is 0. The van der Waals surface area contributed by atoms with Gasteiger partial charge in [-0.25, -0.2) is 4.98 Å². The number of nitrogens with zero attached hydrogens (tertiary/aromatic N) is 1. The number of ether oxygens (including phenoxy) is 1. The van der Waals surface area contributed by atoms with E-state index in [0.29, 0.717) is 0 Å². The van der Waals surface area contributed by atoms with Crippen LogP contribution in [0.3, 0.4) is 0 Å². The molecule has 0 atom stereocenters. The molecule has 1 heterocycles. The van der Waals surface area contributed by atoms with Crippen LogP contribution in [0.5, 0.6) is 5.88 Å². The van der Waals surface area contributed by atoms with E-state index in [1.165, 1.54) is 6.07 Å². The highest BCUT2D eigenvalue weighted by atomic mass is 19.4. The molecule has 0 saturated heterocycles. The molecule has 2 N–H and O–H groups in total. The molecule has 1 amide bonds. The molecule has 0 fully saturated rings. The van der Waals surface area contributed by atoms with E-state index in [-0.39, 0.29) is 5.56 Å². The summed E-state index contributed by atoms with van der Waals surface area (Å²) in [6.45, 7) is -1.98. The van der Waals surface area contributed by atoms with Crippen molar-refractivity contribution >= 4 is 5.91 Å². The standard InChI is InChI=1S/C9H7F5N2O2/c10-8(11,9(12,13)14)4-18-7-5(6(15)17)2-1-3-16-7/h1-3H,4H2,(H2,15,17). The molecule has 1 aromatic heterocycles. The fraction of sp³-hybridized carbons (Fsp3) is 0.333. The Bertz CT molecular complexity index is 447. The number of amides is 1. The van der Waals surface area contributed by atoms with Gasteiger partial charge in [0.2, 0.25) is 5.88 Å². The second kappa shape index (κ2) is 4.75. The van der Waals surface area contributed by atoms with Crippen LogP contribution in [0, 0.1) is 0 Å². The first-order valence-corrected chi connectivity index (χ1v) is 4.47. The topological polar surface area (TPSA) is 65.2 Å². The lowest BCUT2D eigenvalue weighted by Gasteiger charge is -2.19. The first-order chi connectivity index (χ1) is 8.15. The number of hydrogen-bond donors (Lipinski definition) is 1. The van der Waals surface area contributed by atoms with Crippen LogP contribution in [-0.4, -0.2) is 29.6 Å². The van der Waals surface area contributed by atoms with E-state index in [4.69, 9.17) is 5.73 Å². The summed E-state index contributed by atoms with van der Waals surface area (Å²) in [4.78, 5) is 14.2. The molecule has 0 saturated carbocycles. The summed E-state index contributed by atoms with van der Waals surface area (Å²) in [6, 6.07) is 2.35. The van der Waals surface area contributed by atoms with Crippen molar-refractivity contribution in [2.75, 3.05) is 6.61 Å². The first kappa shape index (κ1) is 14.1. The lowest BCUT2D eigenvalue weighted by atomic mass is 10.2. The van der Waals surface area contributed by atoms with Gasteiger partial charge in [-0.2, -0.15) is 22.0 Å². The van der Waals surface area contributed by atoms with Crippen molar-refractivity contribution in [3.63, 3.8) is 0 Å². The molecule has 0 unspecified atom stereocenters. The Morgan fingerprint density at radius 3 is 2.44 bits per heavy atom. The largest absolute Gasteiger partial charge is 0.470 e. The van der Waals surface area contributed by atoms with E-state index in [2.05, 4.69) is 9.72 Å². The molecule has 0 aliphatic carbocycles. The van der Waals surface area contributed by atoms with E-state index < -0.39 is 30.5 Å². The number of alkyl halides is 5. The summed E-state index contributed by atoms with van der Waals surface area (Å²) in [5.41, 5.74) is 4.49. The quantitative estimate of drug-likeness (QED) is 0.848. The molecule has 1 aromatic rings. The van der Waals surface area contributed by atoms with Gasteiger partial charge in [0.15, 0.2) is 6.61 Å². The van der Waals surface area contributed by atoms with Crippen molar-refractivity contribution in [3.8, 4) is 5.88 Å². The molecule has 1 rings (SSSR count). The van der Waals surface area contributed by atoms with E-state index in [1.54, 1.807) is 0 Å². The summed E-state index contributed by atoms with van der Waals surface area (Å²) in [5, 5.41) is 0. The van der Waals surface area contributed by atoms with Crippen molar-refractivity contribution < 1.29 is 31.5 Å². The summed E-state index contributed by atoms with van der Waals surface area (Å²) in [6.07, 6.45) is -4.68. The fourth-order valence-corrected chi connectivity index (χ4v) is 0.934. The van der Waals surface area contributed by atoms with Gasteiger partial charge >= 0.3 is 12.1 Å². The van der Waals surface area contributed by atoms with Crippen LogP contribution in [0.2, 0.25) is 0 Å². The zero-order valence-electron chi connectivity index (χ0n) is 8.67. The van der Waals surface area contributed by atoms with Crippen molar-refractivity contribution in [1.29, 1.82) is 0 Å². The van der Waals surface area contributed by atoms with Gasteiger partial charge in [0, 0.05) is 6.20 Å². The predicted molar refractivity (Wildman–Crippen MR) is 49.3 cm³/mol. The summed E-state index contributed by atoms with van der Waals surface area (Å²) in [5.74, 6) is -6.76. The maximum atomic E-state index is 12.6. The monoisotopic (exact) mass is 270 g/mol. The number of primary amides is 1. The van der Waals surface area contributed by atoms with E-state index in [0.717, 1.165) is 12.3 Å². The normalized spacial score (nSPS) is 12.3. The van der Waals surface area contributed by atoms with Crippen molar-refractivity contribution in [2.24, 2.45) is 5.73 Å². The molecule has 100 valence electrons. The smallest absolute Gasteiger partial charge is 0.456 e. The number of rotatable bonds is 4. The minimum absolute atomic E-state index is 0.379. The Labute approximate surface area is 97.6 Å². The predicted octanol–water partition coefficient (Wildman–Crippen LogP) is 1.76. The molecule has 4 nitrogen and oxygen atoms in total. The third-order valence-electron chi connectivity index (χ3n) is 1.84. The average molecular weight is 270 g/mol. The summed E-state index contributed by atoms with van der Waals surface area (Å²) < 4.78 is 64.9. The fourth-order valence-electron chi connectivity index (χ4n) is 0.934. The number of halogens is 5. The van der Waals surface area contributed by atoms with E-state index >= 15 is 0 Å². The maximum absolute atomic E-state index is 12.6. The number of nitrogens with two attached hydrogens (primary N) is 1. The van der Waals surface area contributed by atoms with Crippen molar-refractivity contribution in [2.45, 2.75) is 12.1 Å². The first-order valence-electron chi connectivity index (χ1n) is 4.47. The van der Waals surface area contributed by atoms with Gasteiger partial charge in [0.05, 0.1) is 0 Å². The number of hydrogen-bond acceptors (Lipinski definition) is 3. The molecule has 9 heteroatoms. The Morgan fingerprint density at radius 2 is 1.94 bits per heavy atom. The van der Waals surface area contributed by atoms with Crippen LogP contribution >= 0.6 is 0 Å². The molecule has 0 aromatic carbocycles.